The number of nitrogens with one attached hydrogen (secondary N) is 1. The first kappa shape index (κ1) is 24.3. The molecule has 170 valence electrons. The summed E-state index contributed by atoms with van der Waals surface area (Å²) >= 11 is 7.34. The largest absolute Gasteiger partial charge is 0.341 e. The van der Waals surface area contributed by atoms with Gasteiger partial charge in [-0.15, -0.1) is 0 Å². The Morgan fingerprint density at radius 3 is 2.25 bits per heavy atom. The number of benzene rings is 2. The number of rotatable bonds is 5. The summed E-state index contributed by atoms with van der Waals surface area (Å²) in [5.41, 5.74) is 1.83. The Bertz CT molecular complexity index is 939. The average molecular weight is 472 g/mol. The molecule has 1 aliphatic rings. The molecule has 0 aliphatic carbocycles. The lowest BCUT2D eigenvalue weighted by atomic mass is 9.89. The van der Waals surface area contributed by atoms with Gasteiger partial charge in [-0.3, -0.25) is 9.59 Å². The van der Waals surface area contributed by atoms with Crippen LogP contribution in [-0.4, -0.2) is 47.3 Å². The number of piperidine rings is 1. The van der Waals surface area contributed by atoms with Gasteiger partial charge in [0.25, 0.3) is 5.91 Å². The number of amidine groups is 1. The minimum absolute atomic E-state index is 0.0206. The van der Waals surface area contributed by atoms with Crippen molar-refractivity contribution in [2.24, 2.45) is 10.9 Å². The Labute approximate surface area is 199 Å². The predicted molar refractivity (Wildman–Crippen MR) is 133 cm³/mol. The summed E-state index contributed by atoms with van der Waals surface area (Å²) in [6.07, 6.45) is 3.69. The van der Waals surface area contributed by atoms with Crippen molar-refractivity contribution in [1.82, 2.24) is 10.2 Å². The van der Waals surface area contributed by atoms with Gasteiger partial charge < -0.3 is 10.2 Å². The first-order chi connectivity index (χ1) is 15.4. The molecular weight excluding hydrogens is 442 g/mol. The molecule has 1 heterocycles. The van der Waals surface area contributed by atoms with Gasteiger partial charge in [0.2, 0.25) is 5.91 Å². The Kier molecular flexibility index (Phi) is 8.76. The van der Waals surface area contributed by atoms with E-state index in [4.69, 9.17) is 11.6 Å². The van der Waals surface area contributed by atoms with Crippen LogP contribution in [0.15, 0.2) is 59.6 Å². The molecule has 2 aromatic carbocycles. The van der Waals surface area contributed by atoms with Crippen LogP contribution in [0.5, 0.6) is 0 Å². The summed E-state index contributed by atoms with van der Waals surface area (Å²) in [6.45, 7) is 5.39. The molecule has 0 spiro atoms. The molecule has 0 unspecified atom stereocenters. The van der Waals surface area contributed by atoms with Gasteiger partial charge in [-0.1, -0.05) is 67.5 Å². The highest BCUT2D eigenvalue weighted by Crippen LogP contribution is 2.29. The molecule has 7 heteroatoms. The summed E-state index contributed by atoms with van der Waals surface area (Å²) in [5, 5.41) is 4.05. The normalized spacial score (nSPS) is 16.2. The second-order valence-corrected chi connectivity index (χ2v) is 9.53. The fraction of sp³-hybridized carbons (Fsp3) is 0.400. The molecule has 1 fully saturated rings. The SMILES string of the molecule is CSC(=N[C@@H](C(=O)N1CCC(c2ccc(Cl)cc2)CC1)C(C)C)NC(=O)c1ccccc1. The lowest BCUT2D eigenvalue weighted by molar-refractivity contribution is -0.134. The fourth-order valence-corrected chi connectivity index (χ4v) is 4.41. The van der Waals surface area contributed by atoms with Crippen molar-refractivity contribution in [3.63, 3.8) is 0 Å². The van der Waals surface area contributed by atoms with Gasteiger partial charge in [-0.25, -0.2) is 4.99 Å². The van der Waals surface area contributed by atoms with Crippen LogP contribution in [-0.2, 0) is 4.79 Å². The Morgan fingerprint density at radius 1 is 1.06 bits per heavy atom. The quantitative estimate of drug-likeness (QED) is 0.480. The number of halogens is 1. The lowest BCUT2D eigenvalue weighted by Gasteiger charge is -2.34. The number of nitrogens with zero attached hydrogens (tertiary/aromatic N) is 2. The van der Waals surface area contributed by atoms with E-state index in [1.165, 1.54) is 17.3 Å². The van der Waals surface area contributed by atoms with Gasteiger partial charge in [0.1, 0.15) is 6.04 Å². The van der Waals surface area contributed by atoms with Crippen LogP contribution >= 0.6 is 23.4 Å². The van der Waals surface area contributed by atoms with Crippen LogP contribution in [0, 0.1) is 5.92 Å². The number of thioether (sulfide) groups is 1. The third kappa shape index (κ3) is 6.36. The van der Waals surface area contributed by atoms with E-state index in [2.05, 4.69) is 22.4 Å². The minimum Gasteiger partial charge on any atom is -0.341 e. The monoisotopic (exact) mass is 471 g/mol. The zero-order chi connectivity index (χ0) is 23.1. The van der Waals surface area contributed by atoms with Crippen molar-refractivity contribution < 1.29 is 9.59 Å². The van der Waals surface area contributed by atoms with E-state index >= 15 is 0 Å². The summed E-state index contributed by atoms with van der Waals surface area (Å²) in [7, 11) is 0. The molecule has 32 heavy (non-hydrogen) atoms. The highest BCUT2D eigenvalue weighted by molar-refractivity contribution is 8.13. The third-order valence-corrected chi connectivity index (χ3v) is 6.58. The van der Waals surface area contributed by atoms with Crippen molar-refractivity contribution in [3.8, 4) is 0 Å². The maximum atomic E-state index is 13.3. The van der Waals surface area contributed by atoms with E-state index in [0.717, 1.165) is 17.9 Å². The van der Waals surface area contributed by atoms with E-state index in [0.29, 0.717) is 29.7 Å². The predicted octanol–water partition coefficient (Wildman–Crippen LogP) is 5.22. The summed E-state index contributed by atoms with van der Waals surface area (Å²) in [6, 6.07) is 16.5. The van der Waals surface area contributed by atoms with Crippen LogP contribution in [0.2, 0.25) is 5.02 Å². The van der Waals surface area contributed by atoms with E-state index in [-0.39, 0.29) is 17.7 Å². The van der Waals surface area contributed by atoms with E-state index in [9.17, 15) is 9.59 Å². The zero-order valence-electron chi connectivity index (χ0n) is 18.8. The van der Waals surface area contributed by atoms with E-state index < -0.39 is 6.04 Å². The lowest BCUT2D eigenvalue weighted by Crippen LogP contribution is -2.45. The third-order valence-electron chi connectivity index (χ3n) is 5.74. The highest BCUT2D eigenvalue weighted by Gasteiger charge is 2.31. The number of carbonyl (C=O) groups excluding carboxylic acids is 2. The van der Waals surface area contributed by atoms with Gasteiger partial charge in [-0.2, -0.15) is 0 Å². The Balaban J connectivity index is 1.65. The van der Waals surface area contributed by atoms with Crippen molar-refractivity contribution in [1.29, 1.82) is 0 Å². The molecule has 2 amide bonds. The Morgan fingerprint density at radius 2 is 1.69 bits per heavy atom. The molecule has 0 saturated carbocycles. The molecule has 0 aromatic heterocycles. The molecule has 1 atom stereocenters. The maximum Gasteiger partial charge on any atom is 0.257 e. The molecule has 5 nitrogen and oxygen atoms in total. The van der Waals surface area contributed by atoms with Crippen LogP contribution < -0.4 is 5.32 Å². The van der Waals surface area contributed by atoms with Crippen molar-refractivity contribution in [3.05, 3.63) is 70.7 Å². The topological polar surface area (TPSA) is 61.8 Å². The molecule has 1 aliphatic heterocycles. The maximum absolute atomic E-state index is 13.3. The van der Waals surface area contributed by atoms with Gasteiger partial charge >= 0.3 is 0 Å². The summed E-state index contributed by atoms with van der Waals surface area (Å²) in [5.74, 6) is 0.254. The van der Waals surface area contributed by atoms with Crippen molar-refractivity contribution in [2.75, 3.05) is 19.3 Å². The van der Waals surface area contributed by atoms with Crippen LogP contribution in [0.4, 0.5) is 0 Å². The van der Waals surface area contributed by atoms with E-state index in [1.54, 1.807) is 12.1 Å². The molecule has 1 N–H and O–H groups in total. The molecule has 0 bridgehead atoms. The number of carbonyl (C=O) groups is 2. The van der Waals surface area contributed by atoms with Crippen molar-refractivity contribution in [2.45, 2.75) is 38.6 Å². The number of aliphatic imine (C=N–C) groups is 1. The second kappa shape index (κ2) is 11.5. The van der Waals surface area contributed by atoms with Gasteiger partial charge in [0.05, 0.1) is 0 Å². The highest BCUT2D eigenvalue weighted by atomic mass is 35.5. The van der Waals surface area contributed by atoms with Crippen molar-refractivity contribution >= 4 is 40.3 Å². The van der Waals surface area contributed by atoms with Gasteiger partial charge in [-0.05, 0) is 60.8 Å². The fourth-order valence-electron chi connectivity index (χ4n) is 3.87. The molecule has 1 saturated heterocycles. The first-order valence-corrected chi connectivity index (χ1v) is 12.5. The first-order valence-electron chi connectivity index (χ1n) is 10.9. The summed E-state index contributed by atoms with van der Waals surface area (Å²) in [4.78, 5) is 32.4. The number of hydrogen-bond acceptors (Lipinski definition) is 4. The molecule has 3 rings (SSSR count). The molecule has 2 aromatic rings. The number of amides is 2. The smallest absolute Gasteiger partial charge is 0.257 e. The zero-order valence-corrected chi connectivity index (χ0v) is 20.3. The minimum atomic E-state index is -0.527. The van der Waals surface area contributed by atoms with Crippen LogP contribution in [0.3, 0.4) is 0 Å². The average Bonchev–Trinajstić information content (AvgIpc) is 2.82. The Hall–Kier alpha value is -2.31. The molecular formula is C25H30ClN3O2S. The van der Waals surface area contributed by atoms with Crippen LogP contribution in [0.1, 0.15) is 48.5 Å². The number of hydrogen-bond donors (Lipinski definition) is 1. The van der Waals surface area contributed by atoms with E-state index in [1.807, 2.05) is 55.3 Å². The standard InChI is InChI=1S/C25H30ClN3O2S/c1-17(2)22(27-25(32-3)28-23(30)20-7-5-4-6-8-20)24(31)29-15-13-19(14-16-29)18-9-11-21(26)12-10-18/h4-12,17,19,22H,13-16H2,1-3H3,(H,27,28,30)/t22-/m1/s1. The molecule has 0 radical (unpaired) electrons. The summed E-state index contributed by atoms with van der Waals surface area (Å²) < 4.78 is 0. The van der Waals surface area contributed by atoms with Gasteiger partial charge in [0, 0.05) is 23.7 Å². The van der Waals surface area contributed by atoms with Gasteiger partial charge in [0.15, 0.2) is 5.17 Å². The van der Waals surface area contributed by atoms with Crippen LogP contribution in [0.25, 0.3) is 0 Å². The second-order valence-electron chi connectivity index (χ2n) is 8.30. The number of likely N-dealkylation sites (tertiary alicyclic amines) is 1.